The van der Waals surface area contributed by atoms with Gasteiger partial charge in [-0.1, -0.05) is 30.3 Å². The summed E-state index contributed by atoms with van der Waals surface area (Å²) in [6.45, 7) is 3.49. The first-order valence-corrected chi connectivity index (χ1v) is 13.9. The number of anilines is 1. The van der Waals surface area contributed by atoms with Gasteiger partial charge in [0, 0.05) is 48.7 Å². The monoisotopic (exact) mass is 526 g/mol. The Hall–Kier alpha value is -3.68. The Bertz CT molecular complexity index is 1260. The summed E-state index contributed by atoms with van der Waals surface area (Å²) >= 11 is 0. The highest BCUT2D eigenvalue weighted by atomic mass is 16.5. The number of piperidine rings is 1. The number of nitrogens with one attached hydrogen (secondary N) is 2. The van der Waals surface area contributed by atoms with Crippen LogP contribution in [0.2, 0.25) is 0 Å². The summed E-state index contributed by atoms with van der Waals surface area (Å²) in [6, 6.07) is 22.7. The van der Waals surface area contributed by atoms with E-state index in [0.717, 1.165) is 55.6 Å². The number of nitrogen functional groups attached to an aromatic ring is 1. The van der Waals surface area contributed by atoms with Crippen molar-refractivity contribution in [3.63, 3.8) is 0 Å². The summed E-state index contributed by atoms with van der Waals surface area (Å²) < 4.78 is 11.7. The minimum Gasteiger partial charge on any atom is -0.490 e. The summed E-state index contributed by atoms with van der Waals surface area (Å²) in [6.07, 6.45) is 4.04. The van der Waals surface area contributed by atoms with Gasteiger partial charge in [0.1, 0.15) is 11.9 Å². The van der Waals surface area contributed by atoms with Crippen molar-refractivity contribution in [1.29, 1.82) is 5.41 Å². The number of nitrogens with two attached hydrogens (primary N) is 1. The Morgan fingerprint density at radius 2 is 1.64 bits per heavy atom. The molecule has 1 unspecified atom stereocenters. The van der Waals surface area contributed by atoms with Crippen molar-refractivity contribution in [3.05, 3.63) is 95.1 Å². The van der Waals surface area contributed by atoms with E-state index in [4.69, 9.17) is 20.6 Å². The number of carbonyl (C=O) groups is 1. The van der Waals surface area contributed by atoms with Gasteiger partial charge < -0.3 is 25.4 Å². The van der Waals surface area contributed by atoms with E-state index in [-0.39, 0.29) is 23.8 Å². The predicted octanol–water partition coefficient (Wildman–Crippen LogP) is 5.06. The maximum Gasteiger partial charge on any atom is 0.251 e. The van der Waals surface area contributed by atoms with Gasteiger partial charge in [-0.25, -0.2) is 0 Å². The molecule has 1 amide bonds. The number of benzene rings is 3. The van der Waals surface area contributed by atoms with Crippen LogP contribution in [0.25, 0.3) is 0 Å². The minimum absolute atomic E-state index is 0.111. The van der Waals surface area contributed by atoms with Gasteiger partial charge in [0.15, 0.2) is 0 Å². The molecule has 2 heterocycles. The van der Waals surface area contributed by atoms with Gasteiger partial charge in [-0.05, 0) is 86.7 Å². The van der Waals surface area contributed by atoms with Crippen molar-refractivity contribution in [2.24, 2.45) is 5.92 Å². The third-order valence-corrected chi connectivity index (χ3v) is 7.88. The number of ether oxygens (including phenoxy) is 2. The first kappa shape index (κ1) is 26.9. The zero-order valence-corrected chi connectivity index (χ0v) is 22.6. The van der Waals surface area contributed by atoms with Crippen LogP contribution < -0.4 is 15.8 Å². The molecule has 204 valence electrons. The van der Waals surface area contributed by atoms with Crippen molar-refractivity contribution in [2.75, 3.05) is 39.1 Å². The fraction of sp³-hybridized carbons (Fsp3) is 0.375. The molecule has 7 nitrogen and oxygen atoms in total. The summed E-state index contributed by atoms with van der Waals surface area (Å²) in [5.74, 6) is 0.931. The topological polar surface area (TPSA) is 101 Å². The maximum absolute atomic E-state index is 13.5. The lowest BCUT2D eigenvalue weighted by atomic mass is 9.87. The van der Waals surface area contributed by atoms with Crippen LogP contribution in [-0.2, 0) is 4.74 Å². The highest BCUT2D eigenvalue weighted by Crippen LogP contribution is 2.31. The Balaban J connectivity index is 1.30. The normalized spacial score (nSPS) is 17.9. The quantitative estimate of drug-likeness (QED) is 0.282. The summed E-state index contributed by atoms with van der Waals surface area (Å²) in [5, 5.41) is 12.1. The summed E-state index contributed by atoms with van der Waals surface area (Å²) in [7, 11) is 2.13. The van der Waals surface area contributed by atoms with E-state index >= 15 is 0 Å². The molecular formula is C32H38N4O3. The van der Waals surface area contributed by atoms with Crippen LogP contribution in [-0.4, -0.2) is 56.0 Å². The average Bonchev–Trinajstić information content (AvgIpc) is 2.98. The van der Waals surface area contributed by atoms with Crippen LogP contribution in [0.4, 0.5) is 5.69 Å². The van der Waals surface area contributed by atoms with Gasteiger partial charge in [0.05, 0.1) is 11.8 Å². The second-order valence-corrected chi connectivity index (χ2v) is 10.6. The zero-order valence-electron chi connectivity index (χ0n) is 22.6. The number of rotatable bonds is 8. The van der Waals surface area contributed by atoms with E-state index in [2.05, 4.69) is 29.4 Å². The molecular weight excluding hydrogens is 488 g/mol. The number of nitrogens with zero attached hydrogens (tertiary/aromatic N) is 1. The SMILES string of the molecule is CN1CCC(Oc2ccc(C(=N)c3cc(C(=O)NC(c4ccccc4)C4CCOCC4)ccc3N)cc2)CC1. The van der Waals surface area contributed by atoms with Gasteiger partial charge in [-0.2, -0.15) is 0 Å². The van der Waals surface area contributed by atoms with Crippen LogP contribution in [0.1, 0.15) is 58.8 Å². The fourth-order valence-corrected chi connectivity index (χ4v) is 5.47. The van der Waals surface area contributed by atoms with Crippen LogP contribution >= 0.6 is 0 Å². The molecule has 0 bridgehead atoms. The first-order valence-electron chi connectivity index (χ1n) is 13.9. The van der Waals surface area contributed by atoms with E-state index in [1.54, 1.807) is 18.2 Å². The van der Waals surface area contributed by atoms with Crippen molar-refractivity contribution < 1.29 is 14.3 Å². The minimum atomic E-state index is -0.175. The summed E-state index contributed by atoms with van der Waals surface area (Å²) in [5.41, 5.74) is 9.86. The van der Waals surface area contributed by atoms with Crippen LogP contribution in [0.3, 0.4) is 0 Å². The lowest BCUT2D eigenvalue weighted by Gasteiger charge is -2.31. The van der Waals surface area contributed by atoms with Gasteiger partial charge >= 0.3 is 0 Å². The van der Waals surface area contributed by atoms with Crippen molar-refractivity contribution >= 4 is 17.3 Å². The lowest BCUT2D eigenvalue weighted by Crippen LogP contribution is -2.36. The summed E-state index contributed by atoms with van der Waals surface area (Å²) in [4.78, 5) is 15.8. The Morgan fingerprint density at radius 1 is 0.974 bits per heavy atom. The van der Waals surface area contributed by atoms with E-state index < -0.39 is 0 Å². The maximum atomic E-state index is 13.5. The molecule has 0 radical (unpaired) electrons. The molecule has 0 aromatic heterocycles. The molecule has 3 aromatic rings. The number of amides is 1. The van der Waals surface area contributed by atoms with E-state index in [1.165, 1.54) is 0 Å². The zero-order chi connectivity index (χ0) is 27.2. The first-order chi connectivity index (χ1) is 19.0. The van der Waals surface area contributed by atoms with Crippen molar-refractivity contribution in [1.82, 2.24) is 10.2 Å². The number of hydrogen-bond donors (Lipinski definition) is 3. The smallest absolute Gasteiger partial charge is 0.251 e. The largest absolute Gasteiger partial charge is 0.490 e. The number of carbonyl (C=O) groups excluding carboxylic acids is 1. The third kappa shape index (κ3) is 6.67. The molecule has 0 aliphatic carbocycles. The third-order valence-electron chi connectivity index (χ3n) is 7.88. The lowest BCUT2D eigenvalue weighted by molar-refractivity contribution is 0.0514. The molecule has 2 saturated heterocycles. The second-order valence-electron chi connectivity index (χ2n) is 10.6. The molecule has 2 aliphatic rings. The van der Waals surface area contributed by atoms with Gasteiger partial charge in [0.25, 0.3) is 5.91 Å². The number of likely N-dealkylation sites (tertiary alicyclic amines) is 1. The molecule has 2 aliphatic heterocycles. The second kappa shape index (κ2) is 12.5. The van der Waals surface area contributed by atoms with E-state index in [9.17, 15) is 4.79 Å². The average molecular weight is 527 g/mol. The Morgan fingerprint density at radius 3 is 2.33 bits per heavy atom. The molecule has 0 spiro atoms. The molecule has 5 rings (SSSR count). The van der Waals surface area contributed by atoms with Crippen molar-refractivity contribution in [2.45, 2.75) is 37.8 Å². The molecule has 2 fully saturated rings. The number of hydrogen-bond acceptors (Lipinski definition) is 6. The molecule has 39 heavy (non-hydrogen) atoms. The van der Waals surface area contributed by atoms with E-state index in [0.29, 0.717) is 35.9 Å². The highest BCUT2D eigenvalue weighted by molar-refractivity contribution is 6.14. The molecule has 0 saturated carbocycles. The molecule has 4 N–H and O–H groups in total. The van der Waals surface area contributed by atoms with Gasteiger partial charge in [-0.15, -0.1) is 0 Å². The van der Waals surface area contributed by atoms with Gasteiger partial charge in [-0.3, -0.25) is 10.2 Å². The highest BCUT2D eigenvalue weighted by Gasteiger charge is 2.27. The van der Waals surface area contributed by atoms with Crippen molar-refractivity contribution in [3.8, 4) is 5.75 Å². The van der Waals surface area contributed by atoms with E-state index in [1.807, 2.05) is 42.5 Å². The Kier molecular flexibility index (Phi) is 8.59. The molecule has 7 heteroatoms. The standard InChI is InChI=1S/C32H38N4O3/c1-36-17-13-27(14-18-36)39-26-10-7-22(8-11-26)30(34)28-21-25(9-12-29(28)33)32(37)35-31(23-5-3-2-4-6-23)24-15-19-38-20-16-24/h2-12,21,24,27,31,34H,13-20,33H2,1H3,(H,35,37). The Labute approximate surface area is 230 Å². The predicted molar refractivity (Wildman–Crippen MR) is 155 cm³/mol. The molecule has 1 atom stereocenters. The fourth-order valence-electron chi connectivity index (χ4n) is 5.47. The molecule has 3 aromatic carbocycles. The van der Waals surface area contributed by atoms with Crippen LogP contribution in [0.15, 0.2) is 72.8 Å². The van der Waals surface area contributed by atoms with Crippen LogP contribution in [0, 0.1) is 11.3 Å². The van der Waals surface area contributed by atoms with Crippen LogP contribution in [0.5, 0.6) is 5.75 Å². The van der Waals surface area contributed by atoms with Gasteiger partial charge in [0.2, 0.25) is 0 Å².